The summed E-state index contributed by atoms with van der Waals surface area (Å²) in [6.07, 6.45) is 2.12. The standard InChI is InChI=1S/C8H15NS/c1-4-5-6-9-7-8(2)10-3/h8-9H,6-7H2,1-3H3. The zero-order valence-corrected chi connectivity index (χ0v) is 7.72. The maximum Gasteiger partial charge on any atom is 0.0576 e. The van der Waals surface area contributed by atoms with Gasteiger partial charge in [-0.1, -0.05) is 12.8 Å². The van der Waals surface area contributed by atoms with Gasteiger partial charge in [-0.05, 0) is 13.2 Å². The van der Waals surface area contributed by atoms with Gasteiger partial charge in [-0.25, -0.2) is 0 Å². The van der Waals surface area contributed by atoms with E-state index >= 15 is 0 Å². The third-order valence-electron chi connectivity index (χ3n) is 1.22. The Morgan fingerprint density at radius 1 is 1.60 bits per heavy atom. The van der Waals surface area contributed by atoms with Gasteiger partial charge in [-0.3, -0.25) is 0 Å². The van der Waals surface area contributed by atoms with E-state index in [1.54, 1.807) is 0 Å². The molecule has 1 atom stereocenters. The number of hydrogen-bond acceptors (Lipinski definition) is 2. The van der Waals surface area contributed by atoms with Gasteiger partial charge in [0.15, 0.2) is 0 Å². The molecule has 1 N–H and O–H groups in total. The normalized spacial score (nSPS) is 11.9. The van der Waals surface area contributed by atoms with E-state index in [0.29, 0.717) is 5.25 Å². The minimum absolute atomic E-state index is 0.693. The Balaban J connectivity index is 3.08. The van der Waals surface area contributed by atoms with Gasteiger partial charge in [0.25, 0.3) is 0 Å². The zero-order valence-electron chi connectivity index (χ0n) is 6.90. The van der Waals surface area contributed by atoms with Gasteiger partial charge in [0.1, 0.15) is 0 Å². The quantitative estimate of drug-likeness (QED) is 0.488. The monoisotopic (exact) mass is 157 g/mol. The van der Waals surface area contributed by atoms with Crippen LogP contribution in [0.25, 0.3) is 0 Å². The molecule has 0 bridgehead atoms. The second kappa shape index (κ2) is 6.98. The summed E-state index contributed by atoms with van der Waals surface area (Å²) in [5, 5.41) is 3.94. The van der Waals surface area contributed by atoms with E-state index in [9.17, 15) is 0 Å². The molecule has 0 aliphatic carbocycles. The van der Waals surface area contributed by atoms with Crippen molar-refractivity contribution >= 4 is 11.8 Å². The number of nitrogens with one attached hydrogen (secondary N) is 1. The molecule has 2 heteroatoms. The first-order chi connectivity index (χ1) is 4.81. The maximum atomic E-state index is 3.24. The van der Waals surface area contributed by atoms with Gasteiger partial charge in [-0.2, -0.15) is 11.8 Å². The summed E-state index contributed by atoms with van der Waals surface area (Å²) in [4.78, 5) is 0. The number of hydrogen-bond donors (Lipinski definition) is 1. The van der Waals surface area contributed by atoms with Gasteiger partial charge in [0, 0.05) is 11.8 Å². The summed E-state index contributed by atoms with van der Waals surface area (Å²) >= 11 is 1.87. The van der Waals surface area contributed by atoms with Crippen molar-refractivity contribution in [2.24, 2.45) is 0 Å². The Hall–Kier alpha value is -0.130. The van der Waals surface area contributed by atoms with Crippen LogP contribution in [0.5, 0.6) is 0 Å². The Kier molecular flexibility index (Phi) is 6.89. The summed E-state index contributed by atoms with van der Waals surface area (Å²) in [5.41, 5.74) is 0. The van der Waals surface area contributed by atoms with Crippen LogP contribution in [0.4, 0.5) is 0 Å². The molecule has 0 saturated carbocycles. The molecule has 0 spiro atoms. The lowest BCUT2D eigenvalue weighted by Crippen LogP contribution is -2.22. The van der Waals surface area contributed by atoms with E-state index in [1.807, 2.05) is 18.7 Å². The Labute approximate surface area is 68.0 Å². The lowest BCUT2D eigenvalue weighted by atomic mass is 10.4. The van der Waals surface area contributed by atoms with Crippen LogP contribution in [0.3, 0.4) is 0 Å². The van der Waals surface area contributed by atoms with Crippen molar-refractivity contribution in [3.63, 3.8) is 0 Å². The van der Waals surface area contributed by atoms with Crippen molar-refractivity contribution in [3.8, 4) is 11.8 Å². The lowest BCUT2D eigenvalue weighted by molar-refractivity contribution is 0.749. The molecule has 10 heavy (non-hydrogen) atoms. The van der Waals surface area contributed by atoms with E-state index < -0.39 is 0 Å². The van der Waals surface area contributed by atoms with Crippen LogP contribution in [-0.4, -0.2) is 24.6 Å². The Morgan fingerprint density at radius 2 is 2.30 bits per heavy atom. The molecule has 0 aromatic carbocycles. The fourth-order valence-corrected chi connectivity index (χ4v) is 0.794. The first-order valence-electron chi connectivity index (χ1n) is 3.44. The predicted molar refractivity (Wildman–Crippen MR) is 49.3 cm³/mol. The zero-order chi connectivity index (χ0) is 7.82. The highest BCUT2D eigenvalue weighted by molar-refractivity contribution is 7.99. The molecular weight excluding hydrogens is 142 g/mol. The van der Waals surface area contributed by atoms with Gasteiger partial charge in [0.2, 0.25) is 0 Å². The molecule has 0 radical (unpaired) electrons. The van der Waals surface area contributed by atoms with Crippen LogP contribution < -0.4 is 5.32 Å². The molecule has 0 fully saturated rings. The van der Waals surface area contributed by atoms with Gasteiger partial charge in [-0.15, -0.1) is 5.92 Å². The number of rotatable bonds is 4. The topological polar surface area (TPSA) is 12.0 Å². The van der Waals surface area contributed by atoms with E-state index in [-0.39, 0.29) is 0 Å². The van der Waals surface area contributed by atoms with Gasteiger partial charge < -0.3 is 5.32 Å². The third-order valence-corrected chi connectivity index (χ3v) is 2.20. The van der Waals surface area contributed by atoms with Crippen molar-refractivity contribution in [3.05, 3.63) is 0 Å². The average molecular weight is 157 g/mol. The summed E-state index contributed by atoms with van der Waals surface area (Å²) < 4.78 is 0. The van der Waals surface area contributed by atoms with Crippen LogP contribution in [0.2, 0.25) is 0 Å². The minimum atomic E-state index is 0.693. The van der Waals surface area contributed by atoms with E-state index in [4.69, 9.17) is 0 Å². The Morgan fingerprint density at radius 3 is 2.80 bits per heavy atom. The molecule has 0 amide bonds. The van der Waals surface area contributed by atoms with E-state index in [0.717, 1.165) is 13.1 Å². The largest absolute Gasteiger partial charge is 0.305 e. The van der Waals surface area contributed by atoms with Crippen molar-refractivity contribution in [1.29, 1.82) is 0 Å². The van der Waals surface area contributed by atoms with Gasteiger partial charge in [0.05, 0.1) is 6.54 Å². The number of thioether (sulfide) groups is 1. The highest BCUT2D eigenvalue weighted by atomic mass is 32.2. The lowest BCUT2D eigenvalue weighted by Gasteiger charge is -2.06. The highest BCUT2D eigenvalue weighted by Crippen LogP contribution is 2.01. The molecule has 0 aliphatic heterocycles. The molecule has 0 aliphatic rings. The summed E-state index contributed by atoms with van der Waals surface area (Å²) in [7, 11) is 0. The fourth-order valence-electron chi connectivity index (χ4n) is 0.510. The average Bonchev–Trinajstić information content (AvgIpc) is 1.98. The predicted octanol–water partition coefficient (Wildman–Crippen LogP) is 1.35. The third kappa shape index (κ3) is 6.00. The van der Waals surface area contributed by atoms with Crippen LogP contribution in [0.1, 0.15) is 13.8 Å². The van der Waals surface area contributed by atoms with E-state index in [1.165, 1.54) is 0 Å². The van der Waals surface area contributed by atoms with E-state index in [2.05, 4.69) is 30.3 Å². The SMILES string of the molecule is CC#CCNCC(C)SC. The first kappa shape index (κ1) is 9.87. The van der Waals surface area contributed by atoms with Crippen LogP contribution in [0.15, 0.2) is 0 Å². The summed E-state index contributed by atoms with van der Waals surface area (Å²) in [6, 6.07) is 0. The second-order valence-electron chi connectivity index (χ2n) is 2.10. The highest BCUT2D eigenvalue weighted by Gasteiger charge is 1.94. The van der Waals surface area contributed by atoms with Crippen LogP contribution in [-0.2, 0) is 0 Å². The minimum Gasteiger partial charge on any atom is -0.305 e. The molecule has 0 aromatic heterocycles. The van der Waals surface area contributed by atoms with Crippen molar-refractivity contribution in [2.45, 2.75) is 19.1 Å². The van der Waals surface area contributed by atoms with Crippen molar-refractivity contribution < 1.29 is 0 Å². The van der Waals surface area contributed by atoms with Crippen molar-refractivity contribution in [1.82, 2.24) is 5.32 Å². The molecule has 1 unspecified atom stereocenters. The molecule has 0 aromatic rings. The Bertz CT molecular complexity index is 123. The van der Waals surface area contributed by atoms with Crippen LogP contribution in [0, 0.1) is 11.8 Å². The molecule has 1 nitrogen and oxygen atoms in total. The summed E-state index contributed by atoms with van der Waals surface area (Å²) in [6.45, 7) is 5.94. The smallest absolute Gasteiger partial charge is 0.0576 e. The second-order valence-corrected chi connectivity index (χ2v) is 3.38. The molecular formula is C8H15NS. The fraction of sp³-hybridized carbons (Fsp3) is 0.750. The van der Waals surface area contributed by atoms with Crippen molar-refractivity contribution in [2.75, 3.05) is 19.3 Å². The first-order valence-corrected chi connectivity index (χ1v) is 4.73. The molecule has 0 rings (SSSR count). The van der Waals surface area contributed by atoms with Gasteiger partial charge >= 0.3 is 0 Å². The molecule has 0 heterocycles. The summed E-state index contributed by atoms with van der Waals surface area (Å²) in [5.74, 6) is 5.80. The molecule has 0 saturated heterocycles. The molecule has 58 valence electrons. The van der Waals surface area contributed by atoms with Crippen LogP contribution >= 0.6 is 11.8 Å². The maximum absolute atomic E-state index is 3.24.